The molecule has 8 fully saturated rings. The van der Waals surface area contributed by atoms with Gasteiger partial charge in [0.25, 0.3) is 5.91 Å². The van der Waals surface area contributed by atoms with E-state index in [-0.39, 0.29) is 93.0 Å². The van der Waals surface area contributed by atoms with Crippen molar-refractivity contribution in [1.82, 2.24) is 83.9 Å². The van der Waals surface area contributed by atoms with Crippen molar-refractivity contribution in [1.29, 1.82) is 0 Å². The van der Waals surface area contributed by atoms with Crippen LogP contribution in [0.2, 0.25) is 0 Å². The Labute approximate surface area is 851 Å². The number of carbonyl (C=O) groups excluding carboxylic acids is 10. The molecule has 37 nitrogen and oxygen atoms in total. The number of nitrogens with two attached hydrogens (primary N) is 5. The van der Waals surface area contributed by atoms with E-state index >= 15 is 0 Å². The van der Waals surface area contributed by atoms with Crippen LogP contribution in [-0.2, 0) is 26.2 Å². The average molecular weight is 1980 g/mol. The first-order chi connectivity index (χ1) is 70.7. The fraction of sp³-hybridized carbons (Fsp3) is 0.422. The molecule has 16 heterocycles. The van der Waals surface area contributed by atoms with Crippen molar-refractivity contribution >= 4 is 117 Å². The molecule has 19 rings (SSSR count). The van der Waals surface area contributed by atoms with Gasteiger partial charge in [-0.05, 0) is 198 Å². The summed E-state index contributed by atoms with van der Waals surface area (Å²) >= 11 is 0. The molecule has 37 heteroatoms. The van der Waals surface area contributed by atoms with Crippen LogP contribution in [0.3, 0.4) is 0 Å². The van der Waals surface area contributed by atoms with E-state index in [1.165, 1.54) is 51.4 Å². The van der Waals surface area contributed by atoms with Gasteiger partial charge in [-0.1, -0.05) is 89.6 Å². The first-order valence-electron chi connectivity index (χ1n) is 51.0. The fourth-order valence-corrected chi connectivity index (χ4v) is 19.3. The Morgan fingerprint density at radius 2 is 0.568 bits per heavy atom. The number of aromatic nitrogens is 12. The van der Waals surface area contributed by atoms with Crippen molar-refractivity contribution in [2.24, 2.45) is 30.2 Å². The first kappa shape index (κ1) is 105. The summed E-state index contributed by atoms with van der Waals surface area (Å²) in [6.45, 7) is 20.3. The molecule has 11 aromatic rings. The van der Waals surface area contributed by atoms with Gasteiger partial charge in [0.15, 0.2) is 5.82 Å². The summed E-state index contributed by atoms with van der Waals surface area (Å²) < 4.78 is 1.73. The minimum atomic E-state index is -0.386. The maximum absolute atomic E-state index is 12.9. The molecule has 764 valence electrons. The lowest BCUT2D eigenvalue weighted by molar-refractivity contribution is -0.139. The maximum atomic E-state index is 12.9. The van der Waals surface area contributed by atoms with Gasteiger partial charge < -0.3 is 82.2 Å². The average Bonchev–Trinajstić information content (AvgIpc) is 1.23. The van der Waals surface area contributed by atoms with E-state index in [1.807, 2.05) is 113 Å². The Morgan fingerprint density at radius 3 is 0.870 bits per heavy atom. The predicted molar refractivity (Wildman–Crippen MR) is 561 cm³/mol. The number of carbonyl (C=O) groups is 10. The molecule has 11 aromatic heterocycles. The number of aryl methyl sites for hydroxylation is 1. The molecule has 3 aliphatic carbocycles. The fourth-order valence-electron chi connectivity index (χ4n) is 19.3. The molecule has 5 saturated heterocycles. The van der Waals surface area contributed by atoms with E-state index in [0.29, 0.717) is 144 Å². The summed E-state index contributed by atoms with van der Waals surface area (Å²) in [5.74, 6) is 5.97. The summed E-state index contributed by atoms with van der Waals surface area (Å²) in [5.41, 5.74) is 32.3. The maximum Gasteiger partial charge on any atom is 0.289 e. The largest absolute Gasteiger partial charge is 0.383 e. The van der Waals surface area contributed by atoms with Gasteiger partial charge in [0.1, 0.15) is 86.6 Å². The topological polar surface area (TPSA) is 480 Å². The predicted octanol–water partition coefficient (Wildman–Crippen LogP) is 11.7. The number of pyridine rings is 10. The van der Waals surface area contributed by atoms with Crippen molar-refractivity contribution in [3.05, 3.63) is 257 Å². The zero-order valence-electron chi connectivity index (χ0n) is 83.9. The Bertz CT molecular complexity index is 6420. The summed E-state index contributed by atoms with van der Waals surface area (Å²) in [5, 5.41) is 0. The van der Waals surface area contributed by atoms with Crippen molar-refractivity contribution in [2.75, 3.05) is 184 Å². The standard InChI is InChI=1S/C24H31N5O2.C23H29N5O2.C21H23N7O2.C21H27N5O2.C20H23N5O2/c25-24-19(9-5-12-26-24)23(31)20-10-4-11-21(27-20)28-13-6-14-29(16-15-28)22(30)17-18-7-2-1-3-8-18;24-22-18(9-5-12-25-22)21(29)19-10-4-11-20(26-19)27-13-6-14-28(16-15-27)23(30)17-7-2-1-3-8-17;1-26-12-9-24-20(26)21(30)28-11-4-10-27(13-14-28)17-7-2-6-16(25-17)18(29)15-5-3-8-23-19(15)22;1-21(2,3)20(28)26-12-6-11-25(13-14-26)17-9-4-8-16(24-17)18(27)15-7-5-10-23-19(15)22;21-19-15(4-2-9-22-19)18(26)16-5-1-6-17(23-16)24-10-3-11-25(13-12-24)20(27)14-7-8-14/h4-5,9-12,18H,1-3,6-8,13-17H2,(H2,25,26);4-5,9-12,17H,1-3,6-8,13-16H2,(H2,24,25);2-3,5-9,12H,4,10-11,13-14H2,1H3,(H2,22,23);4-5,7-10H,6,11-14H2,1-3H3,(H2,22,23);1-2,4-6,9,14H,3,7-8,10-13H2,(H2,21,22). The highest BCUT2D eigenvalue weighted by molar-refractivity contribution is 6.13. The van der Waals surface area contributed by atoms with Crippen LogP contribution in [-0.4, -0.2) is 273 Å². The van der Waals surface area contributed by atoms with Gasteiger partial charge in [-0.3, -0.25) is 47.9 Å². The molecular weight excluding hydrogens is 1850 g/mol. The van der Waals surface area contributed by atoms with Crippen LogP contribution < -0.4 is 53.2 Å². The number of anilines is 10. The van der Waals surface area contributed by atoms with Crippen LogP contribution in [0.15, 0.2) is 195 Å². The van der Waals surface area contributed by atoms with Gasteiger partial charge in [0, 0.05) is 205 Å². The van der Waals surface area contributed by atoms with E-state index in [9.17, 15) is 47.9 Å². The van der Waals surface area contributed by atoms with Crippen LogP contribution in [0.1, 0.15) is 227 Å². The number of amides is 5. The Kier molecular flexibility index (Phi) is 35.9. The second-order valence-electron chi connectivity index (χ2n) is 39.0. The number of nitrogens with zero attached hydrogens (tertiary/aromatic N) is 22. The van der Waals surface area contributed by atoms with Crippen LogP contribution in [0.5, 0.6) is 0 Å². The van der Waals surface area contributed by atoms with Gasteiger partial charge in [-0.25, -0.2) is 54.8 Å². The van der Waals surface area contributed by atoms with Gasteiger partial charge in [-0.15, -0.1) is 0 Å². The van der Waals surface area contributed by atoms with Crippen LogP contribution in [0.25, 0.3) is 0 Å². The lowest BCUT2D eigenvalue weighted by atomic mass is 9.86. The Hall–Kier alpha value is -15.6. The lowest BCUT2D eigenvalue weighted by Gasteiger charge is -2.28. The minimum absolute atomic E-state index is 0.0757. The van der Waals surface area contributed by atoms with Crippen molar-refractivity contribution in [3.8, 4) is 0 Å². The molecular formula is C109H133N27O10. The quantitative estimate of drug-likeness (QED) is 0.0442. The highest BCUT2D eigenvalue weighted by Gasteiger charge is 2.37. The molecule has 3 saturated carbocycles. The summed E-state index contributed by atoms with van der Waals surface area (Å²) in [4.78, 5) is 195. The van der Waals surface area contributed by atoms with Gasteiger partial charge >= 0.3 is 0 Å². The first-order valence-corrected chi connectivity index (χ1v) is 51.0. The number of rotatable bonds is 20. The zero-order chi connectivity index (χ0) is 103. The molecule has 8 aliphatic rings. The molecule has 0 atom stereocenters. The van der Waals surface area contributed by atoms with Gasteiger partial charge in [-0.2, -0.15) is 0 Å². The SMILES string of the molecule is CC(C)(C)C(=O)N1CCCN(c2cccc(C(=O)c3cccnc3N)n2)CC1.Cn1ccnc1C(=O)N1CCCN(c2cccc(C(=O)c3cccnc3N)n2)CC1.Nc1ncccc1C(=O)c1cccc(N2CCCN(C(=O)C3CC3)CC2)n1.Nc1ncccc1C(=O)c1cccc(N2CCCN(C(=O)C3CCCCC3)CC2)n1.Nc1ncccc1C(=O)c1cccc(N2CCCN(C(=O)CC3CCCCC3)CC2)n1. The number of hydrogen-bond donors (Lipinski definition) is 5. The van der Waals surface area contributed by atoms with Gasteiger partial charge in [0.05, 0.1) is 27.8 Å². The lowest BCUT2D eigenvalue weighted by Crippen LogP contribution is -2.41. The number of nitrogen functional groups attached to an aromatic ring is 5. The van der Waals surface area contributed by atoms with E-state index < -0.39 is 0 Å². The highest BCUT2D eigenvalue weighted by atomic mass is 16.2. The van der Waals surface area contributed by atoms with E-state index in [4.69, 9.17) is 28.7 Å². The Balaban J connectivity index is 0.000000137. The molecule has 5 aliphatic heterocycles. The molecule has 0 aromatic carbocycles. The third kappa shape index (κ3) is 27.5. The Morgan fingerprint density at radius 1 is 0.288 bits per heavy atom. The molecule has 146 heavy (non-hydrogen) atoms. The van der Waals surface area contributed by atoms with Crippen LogP contribution in [0.4, 0.5) is 58.2 Å². The molecule has 0 unspecified atom stereocenters. The molecule has 0 spiro atoms. The number of hydrogen-bond acceptors (Lipinski definition) is 31. The summed E-state index contributed by atoms with van der Waals surface area (Å²) in [6.07, 6.45) is 30.1. The molecule has 0 bridgehead atoms. The minimum Gasteiger partial charge on any atom is -0.383 e. The normalized spacial score (nSPS) is 16.7. The highest BCUT2D eigenvalue weighted by Crippen LogP contribution is 2.34. The number of imidazole rings is 1. The molecule has 10 N–H and O–H groups in total. The third-order valence-electron chi connectivity index (χ3n) is 27.6. The number of ketones is 5. The van der Waals surface area contributed by atoms with Crippen molar-refractivity contribution in [3.63, 3.8) is 0 Å². The van der Waals surface area contributed by atoms with Crippen LogP contribution in [0, 0.1) is 23.2 Å². The molecule has 0 radical (unpaired) electrons. The van der Waals surface area contributed by atoms with Crippen molar-refractivity contribution < 1.29 is 47.9 Å². The van der Waals surface area contributed by atoms with E-state index in [0.717, 1.165) is 160 Å². The molecule has 5 amide bonds. The summed E-state index contributed by atoms with van der Waals surface area (Å²) in [6, 6.07) is 43.9. The monoisotopic (exact) mass is 1980 g/mol. The van der Waals surface area contributed by atoms with E-state index in [1.54, 1.807) is 139 Å². The second-order valence-corrected chi connectivity index (χ2v) is 39.0. The second kappa shape index (κ2) is 50.1. The van der Waals surface area contributed by atoms with E-state index in [2.05, 4.69) is 79.3 Å². The van der Waals surface area contributed by atoms with Crippen molar-refractivity contribution in [2.45, 2.75) is 136 Å². The zero-order valence-corrected chi connectivity index (χ0v) is 83.9. The third-order valence-corrected chi connectivity index (χ3v) is 27.6. The smallest absolute Gasteiger partial charge is 0.289 e. The van der Waals surface area contributed by atoms with Crippen LogP contribution >= 0.6 is 0 Å². The summed E-state index contributed by atoms with van der Waals surface area (Å²) in [7, 11) is 1.81. The van der Waals surface area contributed by atoms with Gasteiger partial charge in [0.2, 0.25) is 52.5 Å².